The molecule has 1 aliphatic carbocycles. The average Bonchev–Trinajstić information content (AvgIpc) is 3.86. The number of allylic oxidation sites excluding steroid dienone is 4. The third-order valence-electron chi connectivity index (χ3n) is 12.0. The van der Waals surface area contributed by atoms with Crippen LogP contribution in [0.5, 0.6) is 0 Å². The van der Waals surface area contributed by atoms with Crippen molar-refractivity contribution in [3.05, 3.63) is 207 Å². The third-order valence-corrected chi connectivity index (χ3v) is 12.0. The predicted molar refractivity (Wildman–Crippen MR) is 252 cm³/mol. The van der Waals surface area contributed by atoms with Gasteiger partial charge in [-0.05, 0) is 71.1 Å². The van der Waals surface area contributed by atoms with Crippen LogP contribution in [0.3, 0.4) is 0 Å². The zero-order valence-electron chi connectivity index (χ0n) is 33.5. The Morgan fingerprint density at radius 2 is 0.919 bits per heavy atom. The fourth-order valence-corrected chi connectivity index (χ4v) is 9.05. The van der Waals surface area contributed by atoms with Crippen molar-refractivity contribution in [2.45, 2.75) is 12.5 Å². The van der Waals surface area contributed by atoms with Gasteiger partial charge in [-0.1, -0.05) is 152 Å². The van der Waals surface area contributed by atoms with Gasteiger partial charge < -0.3 is 4.57 Å². The Morgan fingerprint density at radius 3 is 1.56 bits per heavy atom. The summed E-state index contributed by atoms with van der Waals surface area (Å²) < 4.78 is 4.70. The number of hydrogen-bond acceptors (Lipinski definition) is 5. The van der Waals surface area contributed by atoms with Crippen LogP contribution < -0.4 is 0 Å². The van der Waals surface area contributed by atoms with Gasteiger partial charge in [-0.2, -0.15) is 9.97 Å². The smallest absolute Gasteiger partial charge is 0.238 e. The molecule has 7 heteroatoms. The van der Waals surface area contributed by atoms with Crippen LogP contribution >= 0.6 is 0 Å². The first kappa shape index (κ1) is 35.6. The molecule has 0 saturated carbocycles. The summed E-state index contributed by atoms with van der Waals surface area (Å²) >= 11 is 0. The van der Waals surface area contributed by atoms with E-state index >= 15 is 0 Å². The molecule has 0 N–H and O–H groups in total. The molecule has 0 saturated heterocycles. The first-order valence-electron chi connectivity index (χ1n) is 20.9. The van der Waals surface area contributed by atoms with Crippen LogP contribution in [0.1, 0.15) is 12.5 Å². The summed E-state index contributed by atoms with van der Waals surface area (Å²) in [6.45, 7) is 0. The third kappa shape index (κ3) is 6.09. The predicted octanol–water partition coefficient (Wildman–Crippen LogP) is 13.3. The van der Waals surface area contributed by atoms with E-state index in [-0.39, 0.29) is 6.04 Å². The highest BCUT2D eigenvalue weighted by Gasteiger charge is 2.23. The molecule has 7 aromatic carbocycles. The standard InChI is InChI=1S/C55H37N7/c1-5-17-36(18-6-1)39-29-40(37-19-7-2-8-20-37)31-41(30-39)53-58-54(42-34-56-52(57-35-42)38-21-9-3-10-22-38)60-55(59-53)62-49-28-16-14-26-45(49)47-32-50-46(33-51(47)62)44-25-13-15-27-48(44)61(50)43-23-11-4-12-24-43/h1-23,25-35,43H,24H2. The summed E-state index contributed by atoms with van der Waals surface area (Å²) in [6.07, 6.45) is 13.4. The van der Waals surface area contributed by atoms with Crippen molar-refractivity contribution in [1.29, 1.82) is 0 Å². The molecule has 1 aliphatic rings. The van der Waals surface area contributed by atoms with E-state index in [2.05, 4.69) is 161 Å². The maximum Gasteiger partial charge on any atom is 0.238 e. The lowest BCUT2D eigenvalue weighted by molar-refractivity contribution is 0.648. The van der Waals surface area contributed by atoms with Gasteiger partial charge in [-0.15, -0.1) is 0 Å². The van der Waals surface area contributed by atoms with E-state index in [9.17, 15) is 0 Å². The lowest BCUT2D eigenvalue weighted by Crippen LogP contribution is -2.07. The Balaban J connectivity index is 1.12. The lowest BCUT2D eigenvalue weighted by Gasteiger charge is -2.18. The lowest BCUT2D eigenvalue weighted by atomic mass is 9.96. The van der Waals surface area contributed by atoms with Crippen LogP contribution in [0.4, 0.5) is 0 Å². The first-order valence-corrected chi connectivity index (χ1v) is 20.9. The van der Waals surface area contributed by atoms with Crippen molar-refractivity contribution >= 4 is 43.6 Å². The van der Waals surface area contributed by atoms with E-state index in [0.717, 1.165) is 61.6 Å². The summed E-state index contributed by atoms with van der Waals surface area (Å²) in [6, 6.07) is 59.7. The molecule has 4 heterocycles. The topological polar surface area (TPSA) is 74.3 Å². The van der Waals surface area contributed by atoms with Crippen LogP contribution in [-0.4, -0.2) is 34.1 Å². The van der Waals surface area contributed by atoms with E-state index < -0.39 is 0 Å². The Kier molecular flexibility index (Phi) is 8.49. The largest absolute Gasteiger partial charge is 0.333 e. The first-order chi connectivity index (χ1) is 30.7. The van der Waals surface area contributed by atoms with Crippen LogP contribution in [-0.2, 0) is 0 Å². The monoisotopic (exact) mass is 795 g/mol. The summed E-state index contributed by atoms with van der Waals surface area (Å²) in [4.78, 5) is 25.5. The highest BCUT2D eigenvalue weighted by molar-refractivity contribution is 6.18. The van der Waals surface area contributed by atoms with Crippen LogP contribution in [0.2, 0.25) is 0 Å². The zero-order valence-corrected chi connectivity index (χ0v) is 33.5. The maximum absolute atomic E-state index is 5.41. The minimum Gasteiger partial charge on any atom is -0.333 e. The number of benzene rings is 7. The fourth-order valence-electron chi connectivity index (χ4n) is 9.05. The Bertz CT molecular complexity index is 3470. The summed E-state index contributed by atoms with van der Waals surface area (Å²) in [5.74, 6) is 2.18. The van der Waals surface area contributed by atoms with Gasteiger partial charge in [0.2, 0.25) is 5.95 Å². The van der Waals surface area contributed by atoms with Crippen molar-refractivity contribution in [2.24, 2.45) is 0 Å². The quantitative estimate of drug-likeness (QED) is 0.161. The molecule has 62 heavy (non-hydrogen) atoms. The van der Waals surface area contributed by atoms with E-state index in [1.807, 2.05) is 54.9 Å². The number of fused-ring (bicyclic) bond motifs is 6. The number of hydrogen-bond donors (Lipinski definition) is 0. The molecule has 0 amide bonds. The molecule has 0 spiro atoms. The van der Waals surface area contributed by atoms with Crippen molar-refractivity contribution in [3.8, 4) is 62.4 Å². The molecule has 292 valence electrons. The minimum absolute atomic E-state index is 0.213. The second-order valence-corrected chi connectivity index (χ2v) is 15.7. The van der Waals surface area contributed by atoms with Crippen molar-refractivity contribution < 1.29 is 0 Å². The van der Waals surface area contributed by atoms with Crippen molar-refractivity contribution in [1.82, 2.24) is 34.1 Å². The number of para-hydroxylation sites is 2. The van der Waals surface area contributed by atoms with Crippen LogP contribution in [0, 0.1) is 0 Å². The molecule has 4 aromatic heterocycles. The van der Waals surface area contributed by atoms with Gasteiger partial charge in [-0.3, -0.25) is 4.57 Å². The molecule has 1 atom stereocenters. The molecular formula is C55H37N7. The molecule has 11 aromatic rings. The summed E-state index contributed by atoms with van der Waals surface area (Å²) in [5.41, 5.74) is 11.3. The Morgan fingerprint density at radius 1 is 0.387 bits per heavy atom. The minimum atomic E-state index is 0.213. The van der Waals surface area contributed by atoms with Gasteiger partial charge in [0.05, 0.1) is 28.2 Å². The normalized spacial score (nSPS) is 13.8. The fraction of sp³-hybridized carbons (Fsp3) is 0.0364. The molecule has 0 radical (unpaired) electrons. The Labute approximate surface area is 357 Å². The van der Waals surface area contributed by atoms with Gasteiger partial charge in [0.1, 0.15) is 0 Å². The second kappa shape index (κ2) is 14.8. The zero-order chi connectivity index (χ0) is 41.0. The summed E-state index contributed by atoms with van der Waals surface area (Å²) in [7, 11) is 0. The molecule has 7 nitrogen and oxygen atoms in total. The van der Waals surface area contributed by atoms with E-state index in [0.29, 0.717) is 29.0 Å². The van der Waals surface area contributed by atoms with E-state index in [4.69, 9.17) is 24.9 Å². The molecule has 0 aliphatic heterocycles. The molecule has 0 bridgehead atoms. The maximum atomic E-state index is 5.41. The van der Waals surface area contributed by atoms with Crippen LogP contribution in [0.25, 0.3) is 106 Å². The number of nitrogens with zero attached hydrogens (tertiary/aromatic N) is 7. The molecule has 0 fully saturated rings. The Hall–Kier alpha value is -8.29. The van der Waals surface area contributed by atoms with Crippen molar-refractivity contribution in [3.63, 3.8) is 0 Å². The SMILES string of the molecule is C1=CCC(n2c3ccccc3c3cc4c(cc32)c2ccccc2n4-c2nc(-c3cnc(-c4ccccc4)nc3)nc(-c3cc(-c4ccccc4)cc(-c4ccccc4)c3)n2)C=C1. The van der Waals surface area contributed by atoms with Gasteiger partial charge in [0.15, 0.2) is 17.5 Å². The summed E-state index contributed by atoms with van der Waals surface area (Å²) in [5, 5.41) is 4.64. The van der Waals surface area contributed by atoms with Gasteiger partial charge >= 0.3 is 0 Å². The van der Waals surface area contributed by atoms with Gasteiger partial charge in [-0.25, -0.2) is 15.0 Å². The highest BCUT2D eigenvalue weighted by atomic mass is 15.2. The van der Waals surface area contributed by atoms with E-state index in [1.165, 1.54) is 21.8 Å². The molecular weight excluding hydrogens is 759 g/mol. The number of rotatable bonds is 7. The molecule has 12 rings (SSSR count). The van der Waals surface area contributed by atoms with E-state index in [1.54, 1.807) is 0 Å². The molecule has 1 unspecified atom stereocenters. The highest BCUT2D eigenvalue weighted by Crippen LogP contribution is 2.41. The van der Waals surface area contributed by atoms with Gasteiger partial charge in [0.25, 0.3) is 0 Å². The van der Waals surface area contributed by atoms with Crippen LogP contribution in [0.15, 0.2) is 207 Å². The second-order valence-electron chi connectivity index (χ2n) is 15.7. The number of aromatic nitrogens is 7. The van der Waals surface area contributed by atoms with Gasteiger partial charge in [0, 0.05) is 50.6 Å². The average molecular weight is 796 g/mol. The van der Waals surface area contributed by atoms with Crippen molar-refractivity contribution in [2.75, 3.05) is 0 Å².